The van der Waals surface area contributed by atoms with Gasteiger partial charge in [-0.2, -0.15) is 0 Å². The van der Waals surface area contributed by atoms with Gasteiger partial charge in [0.2, 0.25) is 0 Å². The fourth-order valence-corrected chi connectivity index (χ4v) is 4.45. The second kappa shape index (κ2) is 10.0. The average Bonchev–Trinajstić information content (AvgIpc) is 2.84. The number of benzene rings is 3. The molecular weight excluding hydrogens is 436 g/mol. The lowest BCUT2D eigenvalue weighted by Gasteiger charge is -2.10. The molecule has 0 atom stereocenters. The van der Waals surface area contributed by atoms with Crippen LogP contribution >= 0.6 is 11.8 Å². The number of aliphatic hydroxyl groups excluding tert-OH is 1. The van der Waals surface area contributed by atoms with Gasteiger partial charge in [-0.25, -0.2) is 4.98 Å². The fourth-order valence-electron chi connectivity index (χ4n) is 3.52. The molecule has 7 heteroatoms. The zero-order chi connectivity index (χ0) is 23.4. The van der Waals surface area contributed by atoms with Crippen LogP contribution in [0.5, 0.6) is 5.75 Å². The van der Waals surface area contributed by atoms with Crippen LogP contribution in [0.4, 0.5) is 0 Å². The molecule has 0 radical (unpaired) electrons. The predicted molar refractivity (Wildman–Crippen MR) is 130 cm³/mol. The maximum Gasteiger partial charge on any atom is 0.262 e. The van der Waals surface area contributed by atoms with Crippen molar-refractivity contribution < 1.29 is 14.6 Å². The van der Waals surface area contributed by atoms with Crippen LogP contribution in [0.2, 0.25) is 0 Å². The summed E-state index contributed by atoms with van der Waals surface area (Å²) in [6.07, 6.45) is 0. The average molecular weight is 461 g/mol. The second-order valence-electron chi connectivity index (χ2n) is 7.64. The number of hydrogen-bond acceptors (Lipinski definition) is 6. The number of nitrogens with zero attached hydrogens (tertiary/aromatic N) is 2. The van der Waals surface area contributed by atoms with Crippen LogP contribution < -0.4 is 10.3 Å². The Morgan fingerprint density at radius 1 is 1.03 bits per heavy atom. The highest BCUT2D eigenvalue weighted by atomic mass is 32.2. The molecule has 1 N–H and O–H groups in total. The highest BCUT2D eigenvalue weighted by Gasteiger charge is 2.12. The zero-order valence-electron chi connectivity index (χ0n) is 18.4. The summed E-state index contributed by atoms with van der Waals surface area (Å²) in [5.41, 5.74) is 3.77. The fraction of sp³-hybridized carbons (Fsp3) is 0.192. The molecule has 0 bridgehead atoms. The van der Waals surface area contributed by atoms with Gasteiger partial charge in [-0.15, -0.1) is 0 Å². The number of hydrogen-bond donors (Lipinski definition) is 1. The van der Waals surface area contributed by atoms with Crippen LogP contribution in [0.25, 0.3) is 10.9 Å². The Hall–Kier alpha value is -3.42. The van der Waals surface area contributed by atoms with Gasteiger partial charge in [0.05, 0.1) is 17.5 Å². The lowest BCUT2D eigenvalue weighted by Crippen LogP contribution is -2.20. The minimum Gasteiger partial charge on any atom is -0.491 e. The van der Waals surface area contributed by atoms with Gasteiger partial charge in [0.25, 0.3) is 5.56 Å². The first-order chi connectivity index (χ1) is 16.0. The van der Waals surface area contributed by atoms with Crippen molar-refractivity contribution in [3.63, 3.8) is 0 Å². The molecule has 1 aromatic heterocycles. The molecule has 0 saturated heterocycles. The molecule has 0 unspecified atom stereocenters. The summed E-state index contributed by atoms with van der Waals surface area (Å²) in [5, 5.41) is 10.1. The van der Waals surface area contributed by atoms with E-state index in [1.807, 2.05) is 49.4 Å². The first kappa shape index (κ1) is 22.8. The molecule has 6 nitrogen and oxygen atoms in total. The summed E-state index contributed by atoms with van der Waals surface area (Å²) >= 11 is 1.49. The summed E-state index contributed by atoms with van der Waals surface area (Å²) in [5.74, 6) is 1.17. The van der Waals surface area contributed by atoms with E-state index in [9.17, 15) is 9.59 Å². The van der Waals surface area contributed by atoms with Gasteiger partial charge in [-0.05, 0) is 48.4 Å². The van der Waals surface area contributed by atoms with E-state index >= 15 is 0 Å². The molecule has 0 aliphatic heterocycles. The third-order valence-corrected chi connectivity index (χ3v) is 6.43. The summed E-state index contributed by atoms with van der Waals surface area (Å²) in [4.78, 5) is 30.2. The Morgan fingerprint density at radius 2 is 1.70 bits per heavy atom. The molecule has 1 heterocycles. The van der Waals surface area contributed by atoms with Crippen molar-refractivity contribution in [3.8, 4) is 5.75 Å². The molecule has 0 saturated carbocycles. The number of aliphatic hydroxyl groups is 1. The highest BCUT2D eigenvalue weighted by Crippen LogP contribution is 2.23. The Bertz CT molecular complexity index is 1350. The number of carbonyl (C=O) groups is 1. The van der Waals surface area contributed by atoms with E-state index in [1.54, 1.807) is 35.9 Å². The van der Waals surface area contributed by atoms with Gasteiger partial charge in [0.15, 0.2) is 10.9 Å². The summed E-state index contributed by atoms with van der Waals surface area (Å²) < 4.78 is 6.92. The standard InChI is InChI=1S/C26H24N2O4S/c1-17-4-3-5-22-23(17)25(31)28(2)26(27-22)33-16-18-6-8-19(9-7-18)24(30)20-10-12-21(13-11-20)32-15-14-29/h3-13,29H,14-16H2,1-2H3. The van der Waals surface area contributed by atoms with E-state index in [0.717, 1.165) is 11.1 Å². The number of ether oxygens (including phenoxy) is 1. The quantitative estimate of drug-likeness (QED) is 0.242. The summed E-state index contributed by atoms with van der Waals surface area (Å²) in [6.45, 7) is 2.08. The Labute approximate surface area is 195 Å². The Morgan fingerprint density at radius 3 is 2.36 bits per heavy atom. The predicted octanol–water partition coefficient (Wildman–Crippen LogP) is 4.14. The summed E-state index contributed by atoms with van der Waals surface area (Å²) in [7, 11) is 1.74. The molecule has 4 rings (SSSR count). The smallest absolute Gasteiger partial charge is 0.262 e. The van der Waals surface area contributed by atoms with Gasteiger partial charge >= 0.3 is 0 Å². The van der Waals surface area contributed by atoms with Crippen LogP contribution in [0, 0.1) is 6.92 Å². The van der Waals surface area contributed by atoms with Crippen molar-refractivity contribution in [1.29, 1.82) is 0 Å². The monoisotopic (exact) mass is 460 g/mol. The van der Waals surface area contributed by atoms with Crippen LogP contribution in [0.15, 0.2) is 76.7 Å². The SMILES string of the molecule is Cc1cccc2nc(SCc3ccc(C(=O)c4ccc(OCCO)cc4)cc3)n(C)c(=O)c12. The third-order valence-electron chi connectivity index (χ3n) is 5.33. The molecule has 0 aliphatic carbocycles. The number of fused-ring (bicyclic) bond motifs is 1. The third kappa shape index (κ3) is 4.99. The topological polar surface area (TPSA) is 81.4 Å². The first-order valence-electron chi connectivity index (χ1n) is 10.5. The van der Waals surface area contributed by atoms with E-state index in [4.69, 9.17) is 9.84 Å². The van der Waals surface area contributed by atoms with Crippen molar-refractivity contribution >= 4 is 28.4 Å². The highest BCUT2D eigenvalue weighted by molar-refractivity contribution is 7.98. The maximum absolute atomic E-state index is 12.8. The van der Waals surface area contributed by atoms with Crippen LogP contribution in [0.3, 0.4) is 0 Å². The Kier molecular flexibility index (Phi) is 6.91. The normalized spacial score (nSPS) is 11.0. The van der Waals surface area contributed by atoms with Gasteiger partial charge in [0, 0.05) is 23.9 Å². The number of aryl methyl sites for hydroxylation is 1. The maximum atomic E-state index is 12.8. The van der Waals surface area contributed by atoms with Crippen LogP contribution in [-0.2, 0) is 12.8 Å². The molecule has 33 heavy (non-hydrogen) atoms. The second-order valence-corrected chi connectivity index (χ2v) is 8.58. The number of ketones is 1. The molecule has 0 aliphatic rings. The lowest BCUT2D eigenvalue weighted by atomic mass is 10.0. The van der Waals surface area contributed by atoms with E-state index in [1.165, 1.54) is 11.8 Å². The molecular formula is C26H24N2O4S. The molecule has 3 aromatic carbocycles. The number of rotatable bonds is 8. The zero-order valence-corrected chi connectivity index (χ0v) is 19.3. The van der Waals surface area contributed by atoms with Crippen molar-refractivity contribution in [3.05, 3.63) is 99.3 Å². The summed E-state index contributed by atoms with van der Waals surface area (Å²) in [6, 6.07) is 20.0. The van der Waals surface area contributed by atoms with Crippen molar-refractivity contribution in [1.82, 2.24) is 9.55 Å². The van der Waals surface area contributed by atoms with E-state index < -0.39 is 0 Å². The minimum absolute atomic E-state index is 0.0469. The molecule has 4 aromatic rings. The number of carbonyl (C=O) groups excluding carboxylic acids is 1. The van der Waals surface area contributed by atoms with Gasteiger partial charge in [0.1, 0.15) is 12.4 Å². The van der Waals surface area contributed by atoms with E-state index in [2.05, 4.69) is 4.98 Å². The first-order valence-corrected chi connectivity index (χ1v) is 11.5. The van der Waals surface area contributed by atoms with Gasteiger partial charge in [-0.1, -0.05) is 48.2 Å². The van der Waals surface area contributed by atoms with Crippen molar-refractivity contribution in [2.45, 2.75) is 17.8 Å². The molecule has 0 spiro atoms. The Balaban J connectivity index is 1.45. The molecule has 168 valence electrons. The molecule has 0 amide bonds. The number of thioether (sulfide) groups is 1. The lowest BCUT2D eigenvalue weighted by molar-refractivity contribution is 0.103. The minimum atomic E-state index is -0.0723. The number of aromatic nitrogens is 2. The van der Waals surface area contributed by atoms with Crippen LogP contribution in [-0.4, -0.2) is 33.7 Å². The van der Waals surface area contributed by atoms with Gasteiger partial charge in [-0.3, -0.25) is 14.2 Å². The van der Waals surface area contributed by atoms with Crippen molar-refractivity contribution in [2.75, 3.05) is 13.2 Å². The largest absolute Gasteiger partial charge is 0.491 e. The van der Waals surface area contributed by atoms with Crippen LogP contribution in [0.1, 0.15) is 27.0 Å². The van der Waals surface area contributed by atoms with Crippen molar-refractivity contribution in [2.24, 2.45) is 7.05 Å². The van der Waals surface area contributed by atoms with Gasteiger partial charge < -0.3 is 9.84 Å². The van der Waals surface area contributed by atoms with E-state index in [0.29, 0.717) is 38.7 Å². The molecule has 0 fully saturated rings. The van der Waals surface area contributed by atoms with E-state index in [-0.39, 0.29) is 24.6 Å².